The number of hydrogen-bond acceptors (Lipinski definition) is 0. The Balaban J connectivity index is 2.03. The Hall–Kier alpha value is -3.12. The molecule has 0 saturated carbocycles. The normalized spacial score (nSPS) is 10.6. The second-order valence-corrected chi connectivity index (χ2v) is 6.33. The molecule has 0 unspecified atom stereocenters. The first-order valence-electron chi connectivity index (χ1n) is 8.64. The monoisotopic (exact) mass is 320 g/mol. The molecule has 120 valence electrons. The smallest absolute Gasteiger partial charge is 0.00267 e. The fourth-order valence-electron chi connectivity index (χ4n) is 3.38. The molecule has 0 radical (unpaired) electrons. The minimum absolute atomic E-state index is 1.25. The number of rotatable bonds is 3. The lowest BCUT2D eigenvalue weighted by atomic mass is 9.87. The summed E-state index contributed by atoms with van der Waals surface area (Å²) < 4.78 is 0. The summed E-state index contributed by atoms with van der Waals surface area (Å²) in [4.78, 5) is 0. The summed E-state index contributed by atoms with van der Waals surface area (Å²) in [7, 11) is 0. The summed E-state index contributed by atoms with van der Waals surface area (Å²) in [6.07, 6.45) is 0. The number of hydrogen-bond donors (Lipinski definition) is 0. The van der Waals surface area contributed by atoms with Crippen molar-refractivity contribution >= 4 is 0 Å². The molecule has 0 amide bonds. The van der Waals surface area contributed by atoms with Crippen molar-refractivity contribution in [2.24, 2.45) is 0 Å². The second-order valence-electron chi connectivity index (χ2n) is 6.33. The Labute approximate surface area is 149 Å². The zero-order chi connectivity index (χ0) is 17.1. The molecule has 0 fully saturated rings. The fraction of sp³-hybridized carbons (Fsp3) is 0.0400. The van der Waals surface area contributed by atoms with Crippen LogP contribution in [0.5, 0.6) is 0 Å². The van der Waals surface area contributed by atoms with Gasteiger partial charge in [-0.3, -0.25) is 0 Å². The van der Waals surface area contributed by atoms with Gasteiger partial charge in [-0.15, -0.1) is 0 Å². The van der Waals surface area contributed by atoms with E-state index in [1.807, 2.05) is 0 Å². The molecule has 0 heterocycles. The van der Waals surface area contributed by atoms with Gasteiger partial charge in [0.05, 0.1) is 0 Å². The zero-order valence-corrected chi connectivity index (χ0v) is 14.3. The molecule has 0 aliphatic carbocycles. The van der Waals surface area contributed by atoms with Crippen LogP contribution in [-0.4, -0.2) is 0 Å². The Kier molecular flexibility index (Phi) is 4.18. The van der Waals surface area contributed by atoms with Crippen molar-refractivity contribution in [1.82, 2.24) is 0 Å². The van der Waals surface area contributed by atoms with Gasteiger partial charge < -0.3 is 0 Å². The molecule has 0 atom stereocenters. The Morgan fingerprint density at radius 3 is 1.44 bits per heavy atom. The van der Waals surface area contributed by atoms with E-state index in [-0.39, 0.29) is 0 Å². The maximum Gasteiger partial charge on any atom is -0.00267 e. The third-order valence-corrected chi connectivity index (χ3v) is 4.54. The van der Waals surface area contributed by atoms with E-state index in [0.717, 1.165) is 0 Å². The van der Waals surface area contributed by atoms with Gasteiger partial charge in [-0.25, -0.2) is 0 Å². The molecular formula is C25H20. The third-order valence-electron chi connectivity index (χ3n) is 4.54. The standard InChI is InChI=1S/C25H20/c1-19-10-8-15-22(18-19)25-23(20-11-4-2-5-12-20)16-9-17-24(25)21-13-6-3-7-14-21/h2-18H,1H3. The predicted molar refractivity (Wildman–Crippen MR) is 107 cm³/mol. The van der Waals surface area contributed by atoms with E-state index in [2.05, 4.69) is 110 Å². The molecular weight excluding hydrogens is 300 g/mol. The van der Waals surface area contributed by atoms with Crippen molar-refractivity contribution in [2.45, 2.75) is 6.92 Å². The molecule has 0 bridgehead atoms. The molecule has 4 aromatic carbocycles. The first kappa shape index (κ1) is 15.4. The minimum atomic E-state index is 1.25. The molecule has 4 aromatic rings. The number of benzene rings is 4. The van der Waals surface area contributed by atoms with Gasteiger partial charge in [0.2, 0.25) is 0 Å². The highest BCUT2D eigenvalue weighted by Crippen LogP contribution is 2.40. The molecule has 0 aliphatic heterocycles. The van der Waals surface area contributed by atoms with Crippen molar-refractivity contribution in [3.8, 4) is 33.4 Å². The topological polar surface area (TPSA) is 0 Å². The van der Waals surface area contributed by atoms with Crippen LogP contribution in [0, 0.1) is 6.92 Å². The molecule has 0 nitrogen and oxygen atoms in total. The highest BCUT2D eigenvalue weighted by molar-refractivity contribution is 5.94. The van der Waals surface area contributed by atoms with Gasteiger partial charge in [-0.05, 0) is 40.3 Å². The lowest BCUT2D eigenvalue weighted by Crippen LogP contribution is -1.90. The van der Waals surface area contributed by atoms with Gasteiger partial charge >= 0.3 is 0 Å². The molecule has 0 heteroatoms. The maximum atomic E-state index is 2.27. The van der Waals surface area contributed by atoms with Crippen LogP contribution in [0.4, 0.5) is 0 Å². The van der Waals surface area contributed by atoms with E-state index in [4.69, 9.17) is 0 Å². The van der Waals surface area contributed by atoms with Crippen LogP contribution in [0.2, 0.25) is 0 Å². The zero-order valence-electron chi connectivity index (χ0n) is 14.3. The first-order valence-corrected chi connectivity index (χ1v) is 8.64. The van der Waals surface area contributed by atoms with E-state index < -0.39 is 0 Å². The Morgan fingerprint density at radius 2 is 0.920 bits per heavy atom. The van der Waals surface area contributed by atoms with Crippen LogP contribution in [0.15, 0.2) is 103 Å². The SMILES string of the molecule is Cc1cccc(-c2c(-c3ccccc3)cccc2-c2ccccc2)c1. The van der Waals surface area contributed by atoms with E-state index >= 15 is 0 Å². The molecule has 0 N–H and O–H groups in total. The van der Waals surface area contributed by atoms with Gasteiger partial charge in [0.25, 0.3) is 0 Å². The molecule has 4 rings (SSSR count). The minimum Gasteiger partial charge on any atom is -0.0622 e. The summed E-state index contributed by atoms with van der Waals surface area (Å²) in [6, 6.07) is 36.6. The summed E-state index contributed by atoms with van der Waals surface area (Å²) in [5.41, 5.74) is 8.87. The quantitative estimate of drug-likeness (QED) is 0.381. The summed E-state index contributed by atoms with van der Waals surface area (Å²) >= 11 is 0. The molecule has 0 aliphatic rings. The van der Waals surface area contributed by atoms with Gasteiger partial charge in [0, 0.05) is 0 Å². The van der Waals surface area contributed by atoms with E-state index in [9.17, 15) is 0 Å². The van der Waals surface area contributed by atoms with Crippen LogP contribution in [0.1, 0.15) is 5.56 Å². The average molecular weight is 320 g/mol. The Bertz CT molecular complexity index is 925. The summed E-state index contributed by atoms with van der Waals surface area (Å²) in [5, 5.41) is 0. The van der Waals surface area contributed by atoms with Gasteiger partial charge in [0.1, 0.15) is 0 Å². The van der Waals surface area contributed by atoms with Crippen LogP contribution < -0.4 is 0 Å². The lowest BCUT2D eigenvalue weighted by Gasteiger charge is -2.16. The average Bonchev–Trinajstić information content (AvgIpc) is 2.69. The van der Waals surface area contributed by atoms with Crippen molar-refractivity contribution in [3.05, 3.63) is 109 Å². The summed E-state index contributed by atoms with van der Waals surface area (Å²) in [5.74, 6) is 0. The van der Waals surface area contributed by atoms with Gasteiger partial charge in [-0.2, -0.15) is 0 Å². The van der Waals surface area contributed by atoms with E-state index in [0.29, 0.717) is 0 Å². The van der Waals surface area contributed by atoms with Crippen LogP contribution in [-0.2, 0) is 0 Å². The predicted octanol–water partition coefficient (Wildman–Crippen LogP) is 7.00. The molecule has 0 spiro atoms. The maximum absolute atomic E-state index is 2.27. The highest BCUT2D eigenvalue weighted by Gasteiger charge is 2.13. The first-order chi connectivity index (χ1) is 12.3. The van der Waals surface area contributed by atoms with Crippen LogP contribution in [0.3, 0.4) is 0 Å². The van der Waals surface area contributed by atoms with Crippen molar-refractivity contribution < 1.29 is 0 Å². The molecule has 25 heavy (non-hydrogen) atoms. The van der Waals surface area contributed by atoms with E-state index in [1.165, 1.54) is 38.9 Å². The third kappa shape index (κ3) is 3.12. The van der Waals surface area contributed by atoms with Crippen LogP contribution in [0.25, 0.3) is 33.4 Å². The fourth-order valence-corrected chi connectivity index (χ4v) is 3.38. The lowest BCUT2D eigenvalue weighted by molar-refractivity contribution is 1.46. The van der Waals surface area contributed by atoms with E-state index in [1.54, 1.807) is 0 Å². The second kappa shape index (κ2) is 6.78. The van der Waals surface area contributed by atoms with Crippen molar-refractivity contribution in [1.29, 1.82) is 0 Å². The van der Waals surface area contributed by atoms with Gasteiger partial charge in [0.15, 0.2) is 0 Å². The van der Waals surface area contributed by atoms with Crippen molar-refractivity contribution in [2.75, 3.05) is 0 Å². The largest absolute Gasteiger partial charge is 0.0622 e. The van der Waals surface area contributed by atoms with Crippen molar-refractivity contribution in [3.63, 3.8) is 0 Å². The molecule has 0 saturated heterocycles. The van der Waals surface area contributed by atoms with Gasteiger partial charge in [-0.1, -0.05) is 109 Å². The highest BCUT2D eigenvalue weighted by atomic mass is 14.2. The van der Waals surface area contributed by atoms with Crippen LogP contribution >= 0.6 is 0 Å². The Morgan fingerprint density at radius 1 is 0.440 bits per heavy atom. The molecule has 0 aromatic heterocycles. The summed E-state index contributed by atoms with van der Waals surface area (Å²) in [6.45, 7) is 2.15. The number of aryl methyl sites for hydroxylation is 1.